The van der Waals surface area contributed by atoms with Crippen LogP contribution in [0, 0.1) is 17.1 Å². The Hall–Kier alpha value is -2.38. The van der Waals surface area contributed by atoms with Gasteiger partial charge in [0, 0.05) is 5.56 Å². The van der Waals surface area contributed by atoms with Crippen LogP contribution in [0.1, 0.15) is 24.2 Å². The quantitative estimate of drug-likeness (QED) is 0.914. The molecule has 3 nitrogen and oxygen atoms in total. The van der Waals surface area contributed by atoms with Crippen LogP contribution < -0.4 is 4.74 Å². The van der Waals surface area contributed by atoms with E-state index in [-0.39, 0.29) is 11.5 Å². The number of rotatable bonds is 3. The molecular weight excluding hydrogens is 245 g/mol. The number of para-hydroxylation sites is 1. The Bertz CT molecular complexity index is 632. The van der Waals surface area contributed by atoms with Crippen molar-refractivity contribution in [3.05, 3.63) is 59.4 Å². The van der Waals surface area contributed by atoms with E-state index < -0.39 is 11.9 Å². The lowest BCUT2D eigenvalue weighted by atomic mass is 10.1. The summed E-state index contributed by atoms with van der Waals surface area (Å²) in [5.41, 5.74) is 0.887. The van der Waals surface area contributed by atoms with Crippen molar-refractivity contribution >= 4 is 0 Å². The van der Waals surface area contributed by atoms with E-state index in [4.69, 9.17) is 10.00 Å². The smallest absolute Gasteiger partial charge is 0.165 e. The maximum Gasteiger partial charge on any atom is 0.165 e. The summed E-state index contributed by atoms with van der Waals surface area (Å²) in [6.07, 6.45) is -0.769. The molecule has 1 N–H and O–H groups in total. The van der Waals surface area contributed by atoms with E-state index in [1.165, 1.54) is 18.2 Å². The second-order valence-corrected chi connectivity index (χ2v) is 4.07. The highest BCUT2D eigenvalue weighted by Crippen LogP contribution is 2.31. The lowest BCUT2D eigenvalue weighted by molar-refractivity contribution is 0.195. The second kappa shape index (κ2) is 5.51. The Morgan fingerprint density at radius 1 is 1.21 bits per heavy atom. The van der Waals surface area contributed by atoms with Crippen LogP contribution in [0.5, 0.6) is 11.5 Å². The molecule has 0 fully saturated rings. The predicted molar refractivity (Wildman–Crippen MR) is 68.3 cm³/mol. The number of aliphatic hydroxyl groups excluding tert-OH is 1. The largest absolute Gasteiger partial charge is 0.454 e. The molecule has 0 amide bonds. The zero-order valence-electron chi connectivity index (χ0n) is 10.3. The maximum absolute atomic E-state index is 13.5. The van der Waals surface area contributed by atoms with Crippen molar-refractivity contribution in [1.29, 1.82) is 5.26 Å². The first kappa shape index (κ1) is 13.1. The Balaban J connectivity index is 2.44. The molecule has 2 aromatic rings. The average Bonchev–Trinajstić information content (AvgIpc) is 2.41. The first-order chi connectivity index (χ1) is 9.11. The topological polar surface area (TPSA) is 53.2 Å². The van der Waals surface area contributed by atoms with Crippen LogP contribution >= 0.6 is 0 Å². The molecule has 0 radical (unpaired) electrons. The number of benzene rings is 2. The Morgan fingerprint density at radius 3 is 2.58 bits per heavy atom. The normalized spacial score (nSPS) is 11.7. The van der Waals surface area contributed by atoms with Gasteiger partial charge in [0.05, 0.1) is 17.7 Å². The fourth-order valence-corrected chi connectivity index (χ4v) is 1.68. The minimum absolute atomic E-state index is 0.0551. The van der Waals surface area contributed by atoms with Crippen LogP contribution in [-0.4, -0.2) is 5.11 Å². The summed E-state index contributed by atoms with van der Waals surface area (Å²) >= 11 is 0. The standard InChI is InChI=1S/C15H12FNO2/c1-10(18)12-7-6-11(9-17)8-15(12)19-14-5-3-2-4-13(14)16/h2-8,10,18H,1H3. The molecule has 1 atom stereocenters. The third-order valence-corrected chi connectivity index (χ3v) is 2.65. The van der Waals surface area contributed by atoms with Gasteiger partial charge in [0.25, 0.3) is 0 Å². The summed E-state index contributed by atoms with van der Waals surface area (Å²) in [4.78, 5) is 0. The van der Waals surface area contributed by atoms with Gasteiger partial charge in [0.1, 0.15) is 5.75 Å². The van der Waals surface area contributed by atoms with E-state index in [0.29, 0.717) is 11.1 Å². The molecule has 0 bridgehead atoms. The summed E-state index contributed by atoms with van der Waals surface area (Å²) in [5, 5.41) is 18.5. The van der Waals surface area contributed by atoms with Gasteiger partial charge in [-0.2, -0.15) is 5.26 Å². The van der Waals surface area contributed by atoms with Gasteiger partial charge in [0.2, 0.25) is 0 Å². The van der Waals surface area contributed by atoms with Gasteiger partial charge in [-0.05, 0) is 31.2 Å². The van der Waals surface area contributed by atoms with Crippen LogP contribution in [0.2, 0.25) is 0 Å². The zero-order valence-corrected chi connectivity index (χ0v) is 10.3. The van der Waals surface area contributed by atoms with E-state index in [1.54, 1.807) is 31.2 Å². The van der Waals surface area contributed by atoms with Gasteiger partial charge in [-0.3, -0.25) is 0 Å². The highest BCUT2D eigenvalue weighted by atomic mass is 19.1. The fraction of sp³-hybridized carbons (Fsp3) is 0.133. The van der Waals surface area contributed by atoms with E-state index >= 15 is 0 Å². The molecule has 0 saturated heterocycles. The summed E-state index contributed by atoms with van der Waals surface area (Å²) in [6, 6.07) is 12.6. The minimum atomic E-state index is -0.769. The van der Waals surface area contributed by atoms with E-state index in [1.807, 2.05) is 6.07 Å². The summed E-state index contributed by atoms with van der Waals surface area (Å²) in [7, 11) is 0. The number of nitrogens with zero attached hydrogens (tertiary/aromatic N) is 1. The van der Waals surface area contributed by atoms with E-state index in [9.17, 15) is 9.50 Å². The van der Waals surface area contributed by atoms with Crippen molar-refractivity contribution in [2.24, 2.45) is 0 Å². The van der Waals surface area contributed by atoms with Gasteiger partial charge < -0.3 is 9.84 Å². The van der Waals surface area contributed by atoms with Crippen molar-refractivity contribution in [2.45, 2.75) is 13.0 Å². The molecule has 0 aliphatic heterocycles. The van der Waals surface area contributed by atoms with Crippen molar-refractivity contribution in [1.82, 2.24) is 0 Å². The summed E-state index contributed by atoms with van der Waals surface area (Å²) in [6.45, 7) is 1.58. The monoisotopic (exact) mass is 257 g/mol. The number of halogens is 1. The fourth-order valence-electron chi connectivity index (χ4n) is 1.68. The number of ether oxygens (including phenoxy) is 1. The first-order valence-electron chi connectivity index (χ1n) is 5.76. The summed E-state index contributed by atoms with van der Waals surface area (Å²) < 4.78 is 19.0. The molecule has 2 aromatic carbocycles. The molecular formula is C15H12FNO2. The van der Waals surface area contributed by atoms with Crippen molar-refractivity contribution < 1.29 is 14.2 Å². The molecule has 0 heterocycles. The molecule has 96 valence electrons. The molecule has 19 heavy (non-hydrogen) atoms. The molecule has 0 saturated carbocycles. The van der Waals surface area contributed by atoms with Gasteiger partial charge in [-0.1, -0.05) is 18.2 Å². The molecule has 4 heteroatoms. The SMILES string of the molecule is CC(O)c1ccc(C#N)cc1Oc1ccccc1F. The lowest BCUT2D eigenvalue weighted by Crippen LogP contribution is -1.98. The van der Waals surface area contributed by atoms with Gasteiger partial charge >= 0.3 is 0 Å². The predicted octanol–water partition coefficient (Wildman–Crippen LogP) is 3.54. The van der Waals surface area contributed by atoms with Gasteiger partial charge in [-0.25, -0.2) is 4.39 Å². The molecule has 0 aliphatic carbocycles. The van der Waals surface area contributed by atoms with Crippen molar-refractivity contribution in [3.8, 4) is 17.6 Å². The van der Waals surface area contributed by atoms with Gasteiger partial charge in [0.15, 0.2) is 11.6 Å². The second-order valence-electron chi connectivity index (χ2n) is 4.07. The third-order valence-electron chi connectivity index (χ3n) is 2.65. The molecule has 0 aliphatic rings. The Kier molecular flexibility index (Phi) is 3.79. The maximum atomic E-state index is 13.5. The van der Waals surface area contributed by atoms with Crippen LogP contribution in [0.3, 0.4) is 0 Å². The van der Waals surface area contributed by atoms with Crippen LogP contribution in [0.25, 0.3) is 0 Å². The van der Waals surface area contributed by atoms with Crippen LogP contribution in [0.4, 0.5) is 4.39 Å². The van der Waals surface area contributed by atoms with E-state index in [2.05, 4.69) is 0 Å². The number of nitriles is 1. The third kappa shape index (κ3) is 2.90. The first-order valence-corrected chi connectivity index (χ1v) is 5.76. The molecule has 0 spiro atoms. The minimum Gasteiger partial charge on any atom is -0.454 e. The number of hydrogen-bond acceptors (Lipinski definition) is 3. The van der Waals surface area contributed by atoms with Crippen molar-refractivity contribution in [2.75, 3.05) is 0 Å². The van der Waals surface area contributed by atoms with E-state index in [0.717, 1.165) is 0 Å². The number of hydrogen-bond donors (Lipinski definition) is 1. The zero-order chi connectivity index (χ0) is 13.8. The average molecular weight is 257 g/mol. The molecule has 2 rings (SSSR count). The summed E-state index contributed by atoms with van der Waals surface area (Å²) in [5.74, 6) is -0.167. The Morgan fingerprint density at radius 2 is 1.95 bits per heavy atom. The van der Waals surface area contributed by atoms with Crippen molar-refractivity contribution in [3.63, 3.8) is 0 Å². The lowest BCUT2D eigenvalue weighted by Gasteiger charge is -2.13. The Labute approximate surface area is 110 Å². The highest BCUT2D eigenvalue weighted by molar-refractivity contribution is 5.45. The molecule has 1 unspecified atom stereocenters. The highest BCUT2D eigenvalue weighted by Gasteiger charge is 2.12. The van der Waals surface area contributed by atoms with Gasteiger partial charge in [-0.15, -0.1) is 0 Å². The number of aliphatic hydroxyl groups is 1. The molecule has 0 aromatic heterocycles. The van der Waals surface area contributed by atoms with Crippen LogP contribution in [-0.2, 0) is 0 Å². The van der Waals surface area contributed by atoms with Crippen LogP contribution in [0.15, 0.2) is 42.5 Å².